The molecule has 1 unspecified atom stereocenters. The van der Waals surface area contributed by atoms with Crippen molar-refractivity contribution in [3.8, 4) is 0 Å². The van der Waals surface area contributed by atoms with Gasteiger partial charge < -0.3 is 5.32 Å². The number of pyridine rings is 1. The van der Waals surface area contributed by atoms with Gasteiger partial charge in [-0.25, -0.2) is 4.98 Å². The number of hydrogen-bond acceptors (Lipinski definition) is 2. The molecular weight excluding hydrogens is 254 g/mol. The zero-order chi connectivity index (χ0) is 10.3. The zero-order valence-electron chi connectivity index (χ0n) is 8.28. The average Bonchev–Trinajstić information content (AvgIpc) is 2.88. The minimum absolute atomic E-state index is 0.531. The fourth-order valence-electron chi connectivity index (χ4n) is 2.17. The molecule has 1 saturated heterocycles. The largest absolute Gasteiger partial charge is 0.310 e. The van der Waals surface area contributed by atoms with Gasteiger partial charge in [0.1, 0.15) is 0 Å². The first-order valence-electron chi connectivity index (χ1n) is 5.20. The van der Waals surface area contributed by atoms with Crippen LogP contribution in [0, 0.1) is 0 Å². The Morgan fingerprint density at radius 2 is 2.47 bits per heavy atom. The summed E-state index contributed by atoms with van der Waals surface area (Å²) >= 11 is 3.41. The van der Waals surface area contributed by atoms with Crippen LogP contribution in [0.1, 0.15) is 24.4 Å². The summed E-state index contributed by atoms with van der Waals surface area (Å²) in [4.78, 5) is 4.22. The smallest absolute Gasteiger partial charge is 0.181 e. The average molecular weight is 266 g/mol. The van der Waals surface area contributed by atoms with E-state index >= 15 is 0 Å². The summed E-state index contributed by atoms with van der Waals surface area (Å²) in [5, 5.41) is 3.50. The highest BCUT2D eigenvalue weighted by atomic mass is 79.9. The van der Waals surface area contributed by atoms with E-state index in [1.807, 2.05) is 10.6 Å². The van der Waals surface area contributed by atoms with Crippen LogP contribution in [0.5, 0.6) is 0 Å². The van der Waals surface area contributed by atoms with Gasteiger partial charge in [-0.2, -0.15) is 0 Å². The lowest BCUT2D eigenvalue weighted by Gasteiger charge is -2.10. The minimum atomic E-state index is 0.531. The van der Waals surface area contributed by atoms with E-state index in [1.165, 1.54) is 18.4 Å². The maximum atomic E-state index is 4.22. The third-order valence-electron chi connectivity index (χ3n) is 2.97. The van der Waals surface area contributed by atoms with Gasteiger partial charge in [-0.3, -0.25) is 4.40 Å². The van der Waals surface area contributed by atoms with Gasteiger partial charge in [0.25, 0.3) is 0 Å². The molecule has 15 heavy (non-hydrogen) atoms. The summed E-state index contributed by atoms with van der Waals surface area (Å²) in [6, 6.07) is 4.91. The van der Waals surface area contributed by atoms with Gasteiger partial charge in [0.2, 0.25) is 0 Å². The number of aromatic nitrogens is 2. The van der Waals surface area contributed by atoms with E-state index < -0.39 is 0 Å². The van der Waals surface area contributed by atoms with E-state index in [-0.39, 0.29) is 0 Å². The Morgan fingerprint density at radius 1 is 1.53 bits per heavy atom. The first-order valence-corrected chi connectivity index (χ1v) is 6.00. The summed E-state index contributed by atoms with van der Waals surface area (Å²) in [6.45, 7) is 1.14. The Hall–Kier alpha value is -0.870. The van der Waals surface area contributed by atoms with E-state index in [0.29, 0.717) is 6.04 Å². The summed E-state index contributed by atoms with van der Waals surface area (Å²) in [5.41, 5.74) is 2.51. The monoisotopic (exact) mass is 265 g/mol. The van der Waals surface area contributed by atoms with Gasteiger partial charge in [-0.05, 0) is 53.0 Å². The van der Waals surface area contributed by atoms with Crippen LogP contribution < -0.4 is 5.32 Å². The lowest BCUT2D eigenvalue weighted by molar-refractivity contribution is 0.647. The Bertz CT molecular complexity index is 486. The predicted molar refractivity (Wildman–Crippen MR) is 62.9 cm³/mol. The van der Waals surface area contributed by atoms with E-state index in [1.54, 1.807) is 0 Å². The molecule has 2 aromatic rings. The molecule has 3 nitrogen and oxygen atoms in total. The van der Waals surface area contributed by atoms with Crippen LogP contribution in [-0.2, 0) is 0 Å². The molecular formula is C11H12BrN3. The molecule has 3 rings (SSSR count). The van der Waals surface area contributed by atoms with Crippen molar-refractivity contribution in [2.24, 2.45) is 0 Å². The van der Waals surface area contributed by atoms with Gasteiger partial charge in [0.15, 0.2) is 4.73 Å². The summed E-state index contributed by atoms with van der Waals surface area (Å²) in [5.74, 6) is 0. The minimum Gasteiger partial charge on any atom is -0.310 e. The fourth-order valence-corrected chi connectivity index (χ4v) is 2.60. The summed E-state index contributed by atoms with van der Waals surface area (Å²) in [7, 11) is 0. The predicted octanol–water partition coefficient (Wildman–Crippen LogP) is 2.52. The number of halogens is 1. The van der Waals surface area contributed by atoms with Gasteiger partial charge in [0, 0.05) is 12.2 Å². The lowest BCUT2D eigenvalue weighted by atomic mass is 10.1. The Morgan fingerprint density at radius 3 is 3.27 bits per heavy atom. The molecule has 1 aliphatic heterocycles. The zero-order valence-corrected chi connectivity index (χ0v) is 9.87. The van der Waals surface area contributed by atoms with Gasteiger partial charge >= 0.3 is 0 Å². The number of fused-ring (bicyclic) bond motifs is 1. The van der Waals surface area contributed by atoms with Crippen molar-refractivity contribution in [1.29, 1.82) is 0 Å². The van der Waals surface area contributed by atoms with E-state index in [9.17, 15) is 0 Å². The van der Waals surface area contributed by atoms with Crippen molar-refractivity contribution >= 4 is 21.4 Å². The van der Waals surface area contributed by atoms with Crippen LogP contribution in [0.25, 0.3) is 5.52 Å². The topological polar surface area (TPSA) is 29.3 Å². The van der Waals surface area contributed by atoms with E-state index in [4.69, 9.17) is 0 Å². The van der Waals surface area contributed by atoms with E-state index in [2.05, 4.69) is 44.6 Å². The first kappa shape index (κ1) is 9.36. The molecule has 1 N–H and O–H groups in total. The van der Waals surface area contributed by atoms with Crippen molar-refractivity contribution in [2.75, 3.05) is 6.54 Å². The van der Waals surface area contributed by atoms with Gasteiger partial charge in [0.05, 0.1) is 11.7 Å². The van der Waals surface area contributed by atoms with Crippen LogP contribution in [0.3, 0.4) is 0 Å². The number of hydrogen-bond donors (Lipinski definition) is 1. The number of imidazole rings is 1. The molecule has 1 aliphatic rings. The number of nitrogens with one attached hydrogen (secondary N) is 1. The van der Waals surface area contributed by atoms with Gasteiger partial charge in [-0.1, -0.05) is 0 Å². The molecule has 1 atom stereocenters. The van der Waals surface area contributed by atoms with Crippen LogP contribution >= 0.6 is 15.9 Å². The quantitative estimate of drug-likeness (QED) is 0.859. The SMILES string of the molecule is Brc1ncc2cc(C3CCCN3)ccn12. The normalized spacial score (nSPS) is 21.3. The van der Waals surface area contributed by atoms with Crippen LogP contribution in [-0.4, -0.2) is 15.9 Å². The Labute approximate surface area is 96.6 Å². The first-order chi connectivity index (χ1) is 7.34. The van der Waals surface area contributed by atoms with Crippen molar-refractivity contribution in [2.45, 2.75) is 18.9 Å². The molecule has 0 amide bonds. The maximum absolute atomic E-state index is 4.22. The summed E-state index contributed by atoms with van der Waals surface area (Å²) < 4.78 is 2.90. The highest BCUT2D eigenvalue weighted by Gasteiger charge is 2.16. The molecule has 78 valence electrons. The highest BCUT2D eigenvalue weighted by Crippen LogP contribution is 2.24. The Balaban J connectivity index is 2.05. The molecule has 0 saturated carbocycles. The second-order valence-corrected chi connectivity index (χ2v) is 4.64. The molecule has 0 radical (unpaired) electrons. The van der Waals surface area contributed by atoms with Crippen molar-refractivity contribution < 1.29 is 0 Å². The fraction of sp³-hybridized carbons (Fsp3) is 0.364. The van der Waals surface area contributed by atoms with Crippen molar-refractivity contribution in [3.05, 3.63) is 34.8 Å². The highest BCUT2D eigenvalue weighted by molar-refractivity contribution is 9.10. The molecule has 0 spiro atoms. The molecule has 0 aliphatic carbocycles. The van der Waals surface area contributed by atoms with Crippen LogP contribution in [0.15, 0.2) is 29.3 Å². The number of rotatable bonds is 1. The van der Waals surface area contributed by atoms with Gasteiger partial charge in [-0.15, -0.1) is 0 Å². The van der Waals surface area contributed by atoms with Crippen LogP contribution in [0.4, 0.5) is 0 Å². The molecule has 4 heteroatoms. The molecule has 1 fully saturated rings. The van der Waals surface area contributed by atoms with Crippen molar-refractivity contribution in [3.63, 3.8) is 0 Å². The third kappa shape index (κ3) is 1.58. The molecule has 2 aromatic heterocycles. The molecule has 0 aromatic carbocycles. The maximum Gasteiger partial charge on any atom is 0.181 e. The third-order valence-corrected chi connectivity index (χ3v) is 3.56. The standard InChI is InChI=1S/C11H12BrN3/c12-11-14-7-9-6-8(3-5-15(9)11)10-2-1-4-13-10/h3,5-7,10,13H,1-2,4H2. The lowest BCUT2D eigenvalue weighted by Crippen LogP contribution is -2.12. The van der Waals surface area contributed by atoms with Crippen molar-refractivity contribution in [1.82, 2.24) is 14.7 Å². The molecule has 3 heterocycles. The Kier molecular flexibility index (Phi) is 2.25. The summed E-state index contributed by atoms with van der Waals surface area (Å²) in [6.07, 6.45) is 6.48. The molecule has 0 bridgehead atoms. The number of nitrogens with zero attached hydrogens (tertiary/aromatic N) is 2. The van der Waals surface area contributed by atoms with E-state index in [0.717, 1.165) is 16.8 Å². The van der Waals surface area contributed by atoms with Crippen LogP contribution in [0.2, 0.25) is 0 Å². The second-order valence-electron chi connectivity index (χ2n) is 3.93. The second kappa shape index (κ2) is 3.61.